The molecule has 2 aliphatic rings. The molecule has 0 spiro atoms. The Morgan fingerprint density at radius 3 is 3.07 bits per heavy atom. The average Bonchev–Trinajstić information content (AvgIpc) is 2.76. The van der Waals surface area contributed by atoms with Crippen molar-refractivity contribution in [1.29, 1.82) is 0 Å². The molecule has 2 aliphatic heterocycles. The highest BCUT2D eigenvalue weighted by molar-refractivity contribution is 5.98. The predicted octanol–water partition coefficient (Wildman–Crippen LogP) is 1.80. The van der Waals surface area contributed by atoms with Gasteiger partial charge in [0.25, 0.3) is 5.91 Å². The molecule has 0 saturated carbocycles. The molecule has 3 heteroatoms. The van der Waals surface area contributed by atoms with E-state index in [1.807, 2.05) is 11.8 Å². The van der Waals surface area contributed by atoms with Crippen LogP contribution >= 0.6 is 0 Å². The molecule has 1 aromatic rings. The first-order valence-electron chi connectivity index (χ1n) is 5.82. The third-order valence-electron chi connectivity index (χ3n) is 3.60. The summed E-state index contributed by atoms with van der Waals surface area (Å²) in [4.78, 5) is 13.9. The summed E-state index contributed by atoms with van der Waals surface area (Å²) in [7, 11) is 0. The van der Waals surface area contributed by atoms with E-state index in [1.165, 1.54) is 24.2 Å². The van der Waals surface area contributed by atoms with Crippen molar-refractivity contribution in [2.45, 2.75) is 39.3 Å². The second-order valence-corrected chi connectivity index (χ2v) is 4.42. The van der Waals surface area contributed by atoms with Gasteiger partial charge in [-0.15, -0.1) is 0 Å². The van der Waals surface area contributed by atoms with E-state index in [2.05, 4.69) is 10.6 Å². The van der Waals surface area contributed by atoms with Gasteiger partial charge in [-0.1, -0.05) is 0 Å². The number of carbonyl (C=O) groups is 1. The van der Waals surface area contributed by atoms with Crippen LogP contribution in [0, 0.1) is 0 Å². The predicted molar refractivity (Wildman–Crippen MR) is 57.8 cm³/mol. The minimum atomic E-state index is 0.231. The summed E-state index contributed by atoms with van der Waals surface area (Å²) < 4.78 is 2.37. The first-order valence-corrected chi connectivity index (χ1v) is 5.82. The molecule has 3 rings (SSSR count). The fourth-order valence-corrected chi connectivity index (χ4v) is 2.74. The molecule has 0 saturated heterocycles. The van der Waals surface area contributed by atoms with Gasteiger partial charge in [0.1, 0.15) is 0 Å². The van der Waals surface area contributed by atoms with Gasteiger partial charge in [0.2, 0.25) is 0 Å². The van der Waals surface area contributed by atoms with Crippen LogP contribution in [0.2, 0.25) is 0 Å². The summed E-state index contributed by atoms with van der Waals surface area (Å²) >= 11 is 0. The zero-order chi connectivity index (χ0) is 10.4. The van der Waals surface area contributed by atoms with Gasteiger partial charge in [-0.2, -0.15) is 0 Å². The van der Waals surface area contributed by atoms with Gasteiger partial charge in [-0.3, -0.25) is 4.79 Å². The lowest BCUT2D eigenvalue weighted by atomic mass is 10.1. The van der Waals surface area contributed by atoms with E-state index in [0.29, 0.717) is 0 Å². The van der Waals surface area contributed by atoms with E-state index >= 15 is 0 Å². The van der Waals surface area contributed by atoms with Crippen LogP contribution in [0.15, 0.2) is 6.07 Å². The highest BCUT2D eigenvalue weighted by Gasteiger charge is 2.31. The molecule has 15 heavy (non-hydrogen) atoms. The summed E-state index contributed by atoms with van der Waals surface area (Å²) in [5.74, 6) is 0.231. The number of fused-ring (bicyclic) bond motifs is 3. The van der Waals surface area contributed by atoms with Gasteiger partial charge in [-0.05, 0) is 32.3 Å². The van der Waals surface area contributed by atoms with E-state index in [-0.39, 0.29) is 5.91 Å². The number of hydrogen-bond acceptors (Lipinski definition) is 1. The van der Waals surface area contributed by atoms with Crippen molar-refractivity contribution in [2.24, 2.45) is 0 Å². The van der Waals surface area contributed by atoms with Crippen molar-refractivity contribution < 1.29 is 4.79 Å². The third-order valence-corrected chi connectivity index (χ3v) is 3.60. The largest absolute Gasteiger partial charge is 0.346 e. The number of carbonyl (C=O) groups excluding carboxylic acids is 1. The zero-order valence-electron chi connectivity index (χ0n) is 9.12. The SMILES string of the molecule is CCN1Cc2c(cc3n2CCCC3)C1=O. The number of amides is 1. The smallest absolute Gasteiger partial charge is 0.256 e. The minimum Gasteiger partial charge on any atom is -0.346 e. The minimum absolute atomic E-state index is 0.231. The van der Waals surface area contributed by atoms with Crippen molar-refractivity contribution in [3.63, 3.8) is 0 Å². The van der Waals surface area contributed by atoms with Crippen molar-refractivity contribution in [1.82, 2.24) is 9.47 Å². The maximum absolute atomic E-state index is 12.0. The van der Waals surface area contributed by atoms with Crippen LogP contribution in [-0.2, 0) is 19.5 Å². The molecule has 0 atom stereocenters. The summed E-state index contributed by atoms with van der Waals surface area (Å²) in [5.41, 5.74) is 3.60. The standard InChI is InChI=1S/C12H16N2O/c1-2-13-8-11-10(12(13)15)7-9-5-3-4-6-14(9)11/h7H,2-6,8H2,1H3. The molecule has 1 aromatic heterocycles. The van der Waals surface area contributed by atoms with Crippen LogP contribution in [0.1, 0.15) is 41.5 Å². The van der Waals surface area contributed by atoms with Crippen molar-refractivity contribution >= 4 is 5.91 Å². The molecule has 0 fully saturated rings. The Bertz CT molecular complexity index is 420. The monoisotopic (exact) mass is 204 g/mol. The lowest BCUT2D eigenvalue weighted by Crippen LogP contribution is -2.24. The molecular formula is C12H16N2O. The first-order chi connectivity index (χ1) is 7.31. The van der Waals surface area contributed by atoms with E-state index in [4.69, 9.17) is 0 Å². The van der Waals surface area contributed by atoms with E-state index < -0.39 is 0 Å². The molecule has 1 amide bonds. The molecule has 0 bridgehead atoms. The topological polar surface area (TPSA) is 25.2 Å². The van der Waals surface area contributed by atoms with Crippen LogP contribution < -0.4 is 0 Å². The molecule has 80 valence electrons. The Hall–Kier alpha value is -1.25. The van der Waals surface area contributed by atoms with Crippen molar-refractivity contribution in [3.8, 4) is 0 Å². The van der Waals surface area contributed by atoms with Gasteiger partial charge < -0.3 is 9.47 Å². The van der Waals surface area contributed by atoms with Gasteiger partial charge in [0.05, 0.1) is 17.8 Å². The van der Waals surface area contributed by atoms with E-state index in [0.717, 1.165) is 31.6 Å². The van der Waals surface area contributed by atoms with Crippen LogP contribution in [0.5, 0.6) is 0 Å². The number of aryl methyl sites for hydroxylation is 1. The Balaban J connectivity index is 2.06. The molecular weight excluding hydrogens is 188 g/mol. The average molecular weight is 204 g/mol. The molecule has 0 aromatic carbocycles. The zero-order valence-corrected chi connectivity index (χ0v) is 9.12. The quantitative estimate of drug-likeness (QED) is 0.684. The van der Waals surface area contributed by atoms with Crippen LogP contribution in [-0.4, -0.2) is 21.9 Å². The second kappa shape index (κ2) is 3.12. The van der Waals surface area contributed by atoms with Crippen LogP contribution in [0.25, 0.3) is 0 Å². The van der Waals surface area contributed by atoms with Crippen LogP contribution in [0.4, 0.5) is 0 Å². The normalized spacial score (nSPS) is 19.3. The number of rotatable bonds is 1. The fraction of sp³-hybridized carbons (Fsp3) is 0.583. The van der Waals surface area contributed by atoms with E-state index in [9.17, 15) is 4.79 Å². The van der Waals surface area contributed by atoms with E-state index in [1.54, 1.807) is 0 Å². The Labute approximate surface area is 89.7 Å². The first kappa shape index (κ1) is 9.01. The highest BCUT2D eigenvalue weighted by atomic mass is 16.2. The number of nitrogens with zero attached hydrogens (tertiary/aromatic N) is 2. The fourth-order valence-electron chi connectivity index (χ4n) is 2.74. The number of aromatic nitrogens is 1. The van der Waals surface area contributed by atoms with Crippen molar-refractivity contribution in [3.05, 3.63) is 23.0 Å². The van der Waals surface area contributed by atoms with Gasteiger partial charge in [-0.25, -0.2) is 0 Å². The van der Waals surface area contributed by atoms with Gasteiger partial charge in [0, 0.05) is 18.8 Å². The van der Waals surface area contributed by atoms with Crippen LogP contribution in [0.3, 0.4) is 0 Å². The maximum atomic E-state index is 12.0. The Morgan fingerprint density at radius 1 is 1.40 bits per heavy atom. The molecule has 0 N–H and O–H groups in total. The summed E-state index contributed by atoms with van der Waals surface area (Å²) in [6.07, 6.45) is 3.68. The summed E-state index contributed by atoms with van der Waals surface area (Å²) in [5, 5.41) is 0. The Kier molecular flexibility index (Phi) is 1.87. The lowest BCUT2D eigenvalue weighted by molar-refractivity contribution is 0.0785. The molecule has 0 unspecified atom stereocenters. The molecule has 3 nitrogen and oxygen atoms in total. The van der Waals surface area contributed by atoms with Gasteiger partial charge >= 0.3 is 0 Å². The highest BCUT2D eigenvalue weighted by Crippen LogP contribution is 2.29. The molecule has 0 radical (unpaired) electrons. The lowest BCUT2D eigenvalue weighted by Gasteiger charge is -2.19. The summed E-state index contributed by atoms with van der Waals surface area (Å²) in [6, 6.07) is 2.12. The number of hydrogen-bond donors (Lipinski definition) is 0. The van der Waals surface area contributed by atoms with Gasteiger partial charge in [0.15, 0.2) is 0 Å². The van der Waals surface area contributed by atoms with Crippen molar-refractivity contribution in [2.75, 3.05) is 6.54 Å². The molecule has 3 heterocycles. The third kappa shape index (κ3) is 1.15. The summed E-state index contributed by atoms with van der Waals surface area (Å²) in [6.45, 7) is 4.80. The molecule has 0 aliphatic carbocycles. The maximum Gasteiger partial charge on any atom is 0.256 e. The Morgan fingerprint density at radius 2 is 2.27 bits per heavy atom. The second-order valence-electron chi connectivity index (χ2n) is 4.42.